The number of hydrogen-bond acceptors (Lipinski definition) is 8. The molecule has 4 rings (SSSR count). The van der Waals surface area contributed by atoms with Crippen molar-refractivity contribution in [3.05, 3.63) is 76.4 Å². The Labute approximate surface area is 191 Å². The molecule has 0 unspecified atom stereocenters. The third-order valence-electron chi connectivity index (χ3n) is 4.61. The summed E-state index contributed by atoms with van der Waals surface area (Å²) < 4.78 is 20.8. The van der Waals surface area contributed by atoms with Crippen LogP contribution in [0.2, 0.25) is 0 Å². The maximum atomic E-state index is 14.3. The molecule has 3 heterocycles. The smallest absolute Gasteiger partial charge is 0.272 e. The van der Waals surface area contributed by atoms with Crippen molar-refractivity contribution in [1.29, 1.82) is 0 Å². The van der Waals surface area contributed by atoms with Crippen LogP contribution in [-0.2, 0) is 6.54 Å². The summed E-state index contributed by atoms with van der Waals surface area (Å²) in [5, 5.41) is 14.2. The molecule has 1 N–H and O–H groups in total. The first kappa shape index (κ1) is 22.1. The fourth-order valence-corrected chi connectivity index (χ4v) is 4.40. The third kappa shape index (κ3) is 5.04. The van der Waals surface area contributed by atoms with E-state index in [2.05, 4.69) is 21.5 Å². The Morgan fingerprint density at radius 3 is 2.78 bits per heavy atom. The molecule has 164 valence electrons. The van der Waals surface area contributed by atoms with Gasteiger partial charge in [0, 0.05) is 43.4 Å². The number of thiophene rings is 1. The van der Waals surface area contributed by atoms with Crippen LogP contribution in [0.1, 0.15) is 5.56 Å². The average Bonchev–Trinajstić information content (AvgIpc) is 3.24. The molecule has 0 saturated heterocycles. The molecule has 0 atom stereocenters. The van der Waals surface area contributed by atoms with E-state index in [0.717, 1.165) is 45.7 Å². The number of nitrogens with zero attached hydrogens (tertiary/aromatic N) is 3. The zero-order chi connectivity index (χ0) is 22.5. The van der Waals surface area contributed by atoms with Crippen molar-refractivity contribution in [2.45, 2.75) is 6.54 Å². The highest BCUT2D eigenvalue weighted by Crippen LogP contribution is 2.39. The second-order valence-corrected chi connectivity index (χ2v) is 8.87. The molecule has 0 amide bonds. The Morgan fingerprint density at radius 2 is 2.06 bits per heavy atom. The zero-order valence-corrected chi connectivity index (χ0v) is 18.7. The van der Waals surface area contributed by atoms with Gasteiger partial charge in [0.15, 0.2) is 11.6 Å². The standard InChI is InChI=1S/C22H19FN4O3S2/c1-31-9-8-24-12-14-2-4-17(26-13-14)21-11-18-22(32-21)20(6-7-25-18)30-19-5-3-15(27(28)29)10-16(19)23/h2-7,10-11,13,24H,8-9,12H2,1H3. The number of nitro groups is 1. The largest absolute Gasteiger partial charge is 0.453 e. The first-order valence-corrected chi connectivity index (χ1v) is 11.9. The van der Waals surface area contributed by atoms with Crippen LogP contribution in [0.5, 0.6) is 11.5 Å². The maximum Gasteiger partial charge on any atom is 0.272 e. The van der Waals surface area contributed by atoms with Gasteiger partial charge in [-0.3, -0.25) is 20.1 Å². The van der Waals surface area contributed by atoms with Crippen LogP contribution in [-0.4, -0.2) is 33.4 Å². The Hall–Kier alpha value is -3.08. The second-order valence-electron chi connectivity index (χ2n) is 6.83. The molecule has 0 bridgehead atoms. The van der Waals surface area contributed by atoms with Crippen molar-refractivity contribution < 1.29 is 14.1 Å². The highest BCUT2D eigenvalue weighted by Gasteiger charge is 2.15. The number of benzene rings is 1. The number of thioether (sulfide) groups is 1. The fraction of sp³-hybridized carbons (Fsp3) is 0.182. The molecule has 32 heavy (non-hydrogen) atoms. The molecule has 0 radical (unpaired) electrons. The predicted molar refractivity (Wildman–Crippen MR) is 126 cm³/mol. The Morgan fingerprint density at radius 1 is 1.19 bits per heavy atom. The van der Waals surface area contributed by atoms with Crippen molar-refractivity contribution in [1.82, 2.24) is 15.3 Å². The molecule has 0 saturated carbocycles. The van der Waals surface area contributed by atoms with Crippen LogP contribution in [0.15, 0.2) is 54.9 Å². The minimum atomic E-state index is -0.802. The summed E-state index contributed by atoms with van der Waals surface area (Å²) in [6.07, 6.45) is 5.51. The molecule has 4 aromatic rings. The number of aromatic nitrogens is 2. The number of hydrogen-bond donors (Lipinski definition) is 1. The summed E-state index contributed by atoms with van der Waals surface area (Å²) in [7, 11) is 0. The van der Waals surface area contributed by atoms with E-state index in [1.807, 2.05) is 24.4 Å². The van der Waals surface area contributed by atoms with E-state index in [1.165, 1.54) is 23.5 Å². The third-order valence-corrected chi connectivity index (χ3v) is 6.38. The van der Waals surface area contributed by atoms with Crippen LogP contribution in [0, 0.1) is 15.9 Å². The van der Waals surface area contributed by atoms with Gasteiger partial charge in [0.25, 0.3) is 5.69 Å². The number of rotatable bonds is 9. The predicted octanol–water partition coefficient (Wildman–Crippen LogP) is 5.65. The number of nitrogens with one attached hydrogen (secondary N) is 1. The minimum absolute atomic E-state index is 0.0884. The van der Waals surface area contributed by atoms with Gasteiger partial charge < -0.3 is 10.1 Å². The SMILES string of the molecule is CSCCNCc1ccc(-c2cc3nccc(Oc4ccc([N+](=O)[O-])cc4F)c3s2)nc1. The van der Waals surface area contributed by atoms with Crippen molar-refractivity contribution >= 4 is 39.0 Å². The maximum absolute atomic E-state index is 14.3. The number of ether oxygens (including phenoxy) is 1. The number of nitro benzene ring substituents is 1. The molecule has 0 aliphatic heterocycles. The minimum Gasteiger partial charge on any atom is -0.453 e. The molecule has 10 heteroatoms. The molecule has 3 aromatic heterocycles. The van der Waals surface area contributed by atoms with Gasteiger partial charge in [-0.25, -0.2) is 4.39 Å². The lowest BCUT2D eigenvalue weighted by atomic mass is 10.2. The number of fused-ring (bicyclic) bond motifs is 1. The lowest BCUT2D eigenvalue weighted by Crippen LogP contribution is -2.16. The number of non-ortho nitro benzene ring substituents is 1. The zero-order valence-electron chi connectivity index (χ0n) is 17.1. The van der Waals surface area contributed by atoms with E-state index in [1.54, 1.807) is 24.0 Å². The molecule has 0 fully saturated rings. The Kier molecular flexibility index (Phi) is 6.93. The van der Waals surface area contributed by atoms with Gasteiger partial charge in [-0.2, -0.15) is 11.8 Å². The van der Waals surface area contributed by atoms with E-state index >= 15 is 0 Å². The molecular formula is C22H19FN4O3S2. The summed E-state index contributed by atoms with van der Waals surface area (Å²) in [6, 6.07) is 10.9. The normalized spacial score (nSPS) is 11.1. The average molecular weight is 471 g/mol. The Balaban J connectivity index is 1.55. The van der Waals surface area contributed by atoms with Crippen molar-refractivity contribution in [2.24, 2.45) is 0 Å². The van der Waals surface area contributed by atoms with Gasteiger partial charge in [-0.15, -0.1) is 11.3 Å². The van der Waals surface area contributed by atoms with E-state index < -0.39 is 10.7 Å². The van der Waals surface area contributed by atoms with E-state index in [4.69, 9.17) is 4.74 Å². The Bertz CT molecular complexity index is 1250. The fourth-order valence-electron chi connectivity index (χ4n) is 3.01. The van der Waals surface area contributed by atoms with Crippen LogP contribution in [0.4, 0.5) is 10.1 Å². The first-order valence-electron chi connectivity index (χ1n) is 9.70. The molecule has 0 aliphatic rings. The van der Waals surface area contributed by atoms with Gasteiger partial charge in [0.1, 0.15) is 5.75 Å². The highest BCUT2D eigenvalue weighted by atomic mass is 32.2. The number of halogens is 1. The van der Waals surface area contributed by atoms with Crippen molar-refractivity contribution in [2.75, 3.05) is 18.6 Å². The van der Waals surface area contributed by atoms with E-state index in [9.17, 15) is 14.5 Å². The summed E-state index contributed by atoms with van der Waals surface area (Å²) in [5.74, 6) is 0.599. The van der Waals surface area contributed by atoms with Crippen LogP contribution in [0.25, 0.3) is 20.8 Å². The first-order chi connectivity index (χ1) is 15.5. The van der Waals surface area contributed by atoms with Crippen LogP contribution >= 0.6 is 23.1 Å². The summed E-state index contributed by atoms with van der Waals surface area (Å²) in [4.78, 5) is 20.0. The number of pyridine rings is 2. The van der Waals surface area contributed by atoms with Crippen LogP contribution in [0.3, 0.4) is 0 Å². The molecule has 0 spiro atoms. The summed E-state index contributed by atoms with van der Waals surface area (Å²) in [6.45, 7) is 1.71. The molecule has 0 aliphatic carbocycles. The quantitative estimate of drug-likeness (QED) is 0.192. The monoisotopic (exact) mass is 470 g/mol. The van der Waals surface area contributed by atoms with E-state index in [0.29, 0.717) is 11.3 Å². The van der Waals surface area contributed by atoms with Gasteiger partial charge in [0.2, 0.25) is 0 Å². The topological polar surface area (TPSA) is 90.2 Å². The van der Waals surface area contributed by atoms with Gasteiger partial charge in [-0.05, 0) is 30.0 Å². The molecular weight excluding hydrogens is 451 g/mol. The van der Waals surface area contributed by atoms with Gasteiger partial charge >= 0.3 is 0 Å². The second kappa shape index (κ2) is 10.0. The van der Waals surface area contributed by atoms with Crippen molar-refractivity contribution in [3.8, 4) is 22.1 Å². The lowest BCUT2D eigenvalue weighted by molar-refractivity contribution is -0.385. The van der Waals surface area contributed by atoms with E-state index in [-0.39, 0.29) is 11.4 Å². The summed E-state index contributed by atoms with van der Waals surface area (Å²) >= 11 is 3.24. The van der Waals surface area contributed by atoms with Crippen molar-refractivity contribution in [3.63, 3.8) is 0 Å². The lowest BCUT2D eigenvalue weighted by Gasteiger charge is -2.07. The highest BCUT2D eigenvalue weighted by molar-refractivity contribution is 7.98. The molecule has 1 aromatic carbocycles. The van der Waals surface area contributed by atoms with Gasteiger partial charge in [0.05, 0.1) is 31.8 Å². The van der Waals surface area contributed by atoms with Crippen LogP contribution < -0.4 is 10.1 Å². The van der Waals surface area contributed by atoms with Gasteiger partial charge in [-0.1, -0.05) is 6.07 Å². The molecule has 7 nitrogen and oxygen atoms in total. The summed E-state index contributed by atoms with van der Waals surface area (Å²) in [5.41, 5.74) is 2.29.